The summed E-state index contributed by atoms with van der Waals surface area (Å²) in [5.74, 6) is 0.767. The van der Waals surface area contributed by atoms with Crippen LogP contribution in [0.25, 0.3) is 0 Å². The number of ether oxygens (including phenoxy) is 1. The van der Waals surface area contributed by atoms with E-state index in [2.05, 4.69) is 26.3 Å². The highest BCUT2D eigenvalue weighted by Gasteiger charge is 2.27. The number of hydrogen-bond acceptors (Lipinski definition) is 5. The fraction of sp³-hybridized carbons (Fsp3) is 0.235. The van der Waals surface area contributed by atoms with Crippen molar-refractivity contribution in [2.24, 2.45) is 5.10 Å². The van der Waals surface area contributed by atoms with Gasteiger partial charge < -0.3 is 10.1 Å². The second-order valence-corrected chi connectivity index (χ2v) is 6.35. The van der Waals surface area contributed by atoms with E-state index in [4.69, 9.17) is 10.1 Å². The van der Waals surface area contributed by atoms with Crippen LogP contribution in [0.15, 0.2) is 50.9 Å². The van der Waals surface area contributed by atoms with Gasteiger partial charge in [-0.3, -0.25) is 5.41 Å². The van der Waals surface area contributed by atoms with Gasteiger partial charge in [0.25, 0.3) is 0 Å². The molecular formula is C17H17BrN4O2. The van der Waals surface area contributed by atoms with Crippen LogP contribution in [-0.4, -0.2) is 30.1 Å². The van der Waals surface area contributed by atoms with Gasteiger partial charge in [0.15, 0.2) is 5.84 Å². The quantitative estimate of drug-likeness (QED) is 0.779. The van der Waals surface area contributed by atoms with Gasteiger partial charge in [0, 0.05) is 34.8 Å². The Morgan fingerprint density at radius 2 is 2.29 bits per heavy atom. The lowest BCUT2D eigenvalue weighted by Crippen LogP contribution is -2.40. The lowest BCUT2D eigenvalue weighted by molar-refractivity contribution is 0.0599. The summed E-state index contributed by atoms with van der Waals surface area (Å²) in [6.07, 6.45) is 5.04. The zero-order valence-corrected chi connectivity index (χ0v) is 15.0. The van der Waals surface area contributed by atoms with Crippen LogP contribution in [0.3, 0.4) is 0 Å². The fourth-order valence-corrected chi connectivity index (χ4v) is 3.07. The number of hydrogen-bond donors (Lipinski definition) is 2. The zero-order chi connectivity index (χ0) is 17.3. The van der Waals surface area contributed by atoms with E-state index >= 15 is 0 Å². The van der Waals surface area contributed by atoms with Crippen LogP contribution in [0.4, 0.5) is 0 Å². The molecule has 1 aromatic rings. The smallest absolute Gasteiger partial charge is 0.339 e. The molecule has 0 unspecified atom stereocenters. The van der Waals surface area contributed by atoms with Crippen LogP contribution < -0.4 is 5.32 Å². The molecule has 0 spiro atoms. The standard InChI is InChI=1S/C17H17BrN4O2/c1-10-12(16(19)22-15(21-10)4-3-7-20-22)8-11-5-6-14(18)13(9-11)17(23)24-2/h4-7,9,19,21H,3,8H2,1-2H3. The number of methoxy groups -OCH3 is 1. The van der Waals surface area contributed by atoms with Crippen LogP contribution in [0.1, 0.15) is 29.3 Å². The first-order chi connectivity index (χ1) is 11.5. The Morgan fingerprint density at radius 3 is 3.04 bits per heavy atom. The molecule has 0 aromatic heterocycles. The van der Waals surface area contributed by atoms with E-state index in [1.54, 1.807) is 17.3 Å². The van der Waals surface area contributed by atoms with Crippen LogP contribution in [0.2, 0.25) is 0 Å². The van der Waals surface area contributed by atoms with Gasteiger partial charge in [0.1, 0.15) is 5.82 Å². The highest BCUT2D eigenvalue weighted by molar-refractivity contribution is 9.10. The number of carbonyl (C=O) groups excluding carboxylic acids is 1. The summed E-state index contributed by atoms with van der Waals surface area (Å²) in [5, 5.41) is 17.6. The second kappa shape index (κ2) is 6.60. The third-order valence-electron chi connectivity index (χ3n) is 3.92. The average molecular weight is 389 g/mol. The minimum atomic E-state index is -0.392. The number of halogens is 1. The number of nitrogens with zero attached hydrogens (tertiary/aromatic N) is 2. The van der Waals surface area contributed by atoms with E-state index in [0.29, 0.717) is 22.3 Å². The molecule has 24 heavy (non-hydrogen) atoms. The molecule has 3 rings (SSSR count). The molecule has 0 radical (unpaired) electrons. The lowest BCUT2D eigenvalue weighted by Gasteiger charge is -2.33. The van der Waals surface area contributed by atoms with Crippen molar-refractivity contribution in [1.29, 1.82) is 5.41 Å². The molecule has 0 fully saturated rings. The predicted molar refractivity (Wildman–Crippen MR) is 95.8 cm³/mol. The molecule has 1 aromatic carbocycles. The molecule has 0 saturated heterocycles. The van der Waals surface area contributed by atoms with Gasteiger partial charge in [-0.25, -0.2) is 4.79 Å². The normalized spacial score (nSPS) is 16.5. The number of hydrazone groups is 1. The Morgan fingerprint density at radius 1 is 1.50 bits per heavy atom. The molecule has 2 aliphatic rings. The molecule has 0 amide bonds. The minimum absolute atomic E-state index is 0.344. The molecular weight excluding hydrogens is 372 g/mol. The first-order valence-corrected chi connectivity index (χ1v) is 8.25. The summed E-state index contributed by atoms with van der Waals surface area (Å²) in [4.78, 5) is 11.8. The first kappa shape index (κ1) is 16.4. The molecule has 0 atom stereocenters. The van der Waals surface area contributed by atoms with Crippen molar-refractivity contribution in [1.82, 2.24) is 10.3 Å². The molecule has 0 bridgehead atoms. The van der Waals surface area contributed by atoms with E-state index < -0.39 is 5.97 Å². The fourth-order valence-electron chi connectivity index (χ4n) is 2.67. The highest BCUT2D eigenvalue weighted by atomic mass is 79.9. The van der Waals surface area contributed by atoms with Gasteiger partial charge in [-0.1, -0.05) is 6.07 Å². The van der Waals surface area contributed by atoms with Crippen LogP contribution in [0, 0.1) is 5.41 Å². The Hall–Kier alpha value is -2.41. The SMILES string of the molecule is COC(=O)c1cc(CC2=C(C)NC3=CCC=NN3C2=N)ccc1Br. The van der Waals surface area contributed by atoms with Crippen molar-refractivity contribution in [3.8, 4) is 0 Å². The van der Waals surface area contributed by atoms with E-state index in [9.17, 15) is 4.79 Å². The maximum absolute atomic E-state index is 11.8. The van der Waals surface area contributed by atoms with Gasteiger partial charge in [-0.15, -0.1) is 0 Å². The second-order valence-electron chi connectivity index (χ2n) is 5.49. The molecule has 0 aliphatic carbocycles. The van der Waals surface area contributed by atoms with Gasteiger partial charge in [-0.2, -0.15) is 10.1 Å². The molecule has 2 aliphatic heterocycles. The van der Waals surface area contributed by atoms with Crippen molar-refractivity contribution in [2.45, 2.75) is 19.8 Å². The average Bonchev–Trinajstić information content (AvgIpc) is 2.59. The monoisotopic (exact) mass is 388 g/mol. The van der Waals surface area contributed by atoms with E-state index in [-0.39, 0.29) is 0 Å². The van der Waals surface area contributed by atoms with Crippen LogP contribution in [-0.2, 0) is 11.2 Å². The summed E-state index contributed by atoms with van der Waals surface area (Å²) in [6, 6.07) is 5.53. The highest BCUT2D eigenvalue weighted by Crippen LogP contribution is 2.26. The summed E-state index contributed by atoms with van der Waals surface area (Å²) < 4.78 is 5.49. The number of allylic oxidation sites excluding steroid dienone is 2. The third kappa shape index (κ3) is 2.99. The van der Waals surface area contributed by atoms with E-state index in [1.165, 1.54) is 7.11 Å². The Kier molecular flexibility index (Phi) is 4.53. The van der Waals surface area contributed by atoms with Gasteiger partial charge in [0.2, 0.25) is 0 Å². The minimum Gasteiger partial charge on any atom is -0.465 e. The Labute approximate surface area is 148 Å². The number of carbonyl (C=O) groups is 1. The van der Waals surface area contributed by atoms with Crippen molar-refractivity contribution in [3.05, 3.63) is 57.0 Å². The molecule has 2 heterocycles. The zero-order valence-electron chi connectivity index (χ0n) is 13.4. The van der Waals surface area contributed by atoms with E-state index in [1.807, 2.05) is 25.1 Å². The lowest BCUT2D eigenvalue weighted by atomic mass is 9.99. The molecule has 0 saturated carbocycles. The number of amidine groups is 1. The van der Waals surface area contributed by atoms with Crippen molar-refractivity contribution >= 4 is 33.9 Å². The van der Waals surface area contributed by atoms with Gasteiger partial charge in [0.05, 0.1) is 12.7 Å². The Bertz CT molecular complexity index is 811. The number of esters is 1. The summed E-state index contributed by atoms with van der Waals surface area (Å²) in [5.41, 5.74) is 3.15. The van der Waals surface area contributed by atoms with Crippen molar-refractivity contribution in [3.63, 3.8) is 0 Å². The summed E-state index contributed by atoms with van der Waals surface area (Å²) >= 11 is 3.36. The maximum Gasteiger partial charge on any atom is 0.339 e. The molecule has 7 heteroatoms. The molecule has 6 nitrogen and oxygen atoms in total. The van der Waals surface area contributed by atoms with Crippen LogP contribution >= 0.6 is 15.9 Å². The van der Waals surface area contributed by atoms with Crippen molar-refractivity contribution in [2.75, 3.05) is 7.11 Å². The molecule has 124 valence electrons. The van der Waals surface area contributed by atoms with Gasteiger partial charge >= 0.3 is 5.97 Å². The summed E-state index contributed by atoms with van der Waals surface area (Å²) in [6.45, 7) is 1.94. The largest absolute Gasteiger partial charge is 0.465 e. The maximum atomic E-state index is 11.8. The number of nitrogens with one attached hydrogen (secondary N) is 2. The topological polar surface area (TPSA) is 77.8 Å². The molecule has 2 N–H and O–H groups in total. The summed E-state index contributed by atoms with van der Waals surface area (Å²) in [7, 11) is 1.36. The van der Waals surface area contributed by atoms with Gasteiger partial charge in [-0.05, 0) is 46.6 Å². The van der Waals surface area contributed by atoms with Crippen LogP contribution in [0.5, 0.6) is 0 Å². The van der Waals surface area contributed by atoms with E-state index in [0.717, 1.165) is 29.1 Å². The number of fused-ring (bicyclic) bond motifs is 1. The number of benzene rings is 1. The number of rotatable bonds is 3. The predicted octanol–water partition coefficient (Wildman–Crippen LogP) is 3.17. The Balaban J connectivity index is 1.92. The first-order valence-electron chi connectivity index (χ1n) is 7.46. The third-order valence-corrected chi connectivity index (χ3v) is 4.62. The van der Waals surface area contributed by atoms with Crippen molar-refractivity contribution < 1.29 is 9.53 Å².